The van der Waals surface area contributed by atoms with Gasteiger partial charge >= 0.3 is 0 Å². The van der Waals surface area contributed by atoms with Crippen molar-refractivity contribution in [1.29, 1.82) is 0 Å². The standard InChI is InChI=1S/C20H20N4/c1-13-10-19-15(11-18(13)23-9-8-22(3)14(23)2)12-20-21-16-6-4-5-7-17(16)24(19)20/h4-11,14H,12H2,1-3H3/t14-/m0/s1/i3D3. The summed E-state index contributed by atoms with van der Waals surface area (Å²) >= 11 is 0. The first-order chi connectivity index (χ1) is 12.8. The van der Waals surface area contributed by atoms with E-state index >= 15 is 0 Å². The van der Waals surface area contributed by atoms with Crippen LogP contribution >= 0.6 is 0 Å². The molecule has 2 aromatic carbocycles. The Balaban J connectivity index is 1.58. The van der Waals surface area contributed by atoms with Gasteiger partial charge in [-0.15, -0.1) is 0 Å². The minimum absolute atomic E-state index is 0.256. The first kappa shape index (κ1) is 10.9. The topological polar surface area (TPSA) is 24.3 Å². The maximum absolute atomic E-state index is 7.70. The summed E-state index contributed by atoms with van der Waals surface area (Å²) in [4.78, 5) is 8.22. The molecule has 3 heterocycles. The zero-order valence-corrected chi connectivity index (χ0v) is 13.7. The molecular formula is C20H20N4. The molecule has 0 N–H and O–H groups in total. The van der Waals surface area contributed by atoms with E-state index in [1.54, 1.807) is 6.20 Å². The van der Waals surface area contributed by atoms with Crippen LogP contribution in [0.1, 0.15) is 28.0 Å². The van der Waals surface area contributed by atoms with Crippen LogP contribution in [-0.4, -0.2) is 27.6 Å². The summed E-state index contributed by atoms with van der Waals surface area (Å²) in [5, 5.41) is 0. The Morgan fingerprint density at radius 1 is 1.17 bits per heavy atom. The van der Waals surface area contributed by atoms with Gasteiger partial charge in [-0.1, -0.05) is 12.1 Å². The fraction of sp³-hybridized carbons (Fsp3) is 0.250. The minimum Gasteiger partial charge on any atom is -0.359 e. The Morgan fingerprint density at radius 3 is 2.88 bits per heavy atom. The monoisotopic (exact) mass is 319 g/mol. The third-order valence-electron chi connectivity index (χ3n) is 5.09. The van der Waals surface area contributed by atoms with E-state index in [4.69, 9.17) is 9.10 Å². The normalized spacial score (nSPS) is 20.9. The highest BCUT2D eigenvalue weighted by Crippen LogP contribution is 2.37. The summed E-state index contributed by atoms with van der Waals surface area (Å²) in [6.07, 6.45) is 4.04. The molecule has 0 amide bonds. The molecule has 24 heavy (non-hydrogen) atoms. The van der Waals surface area contributed by atoms with Gasteiger partial charge in [0.05, 0.1) is 16.7 Å². The molecule has 0 unspecified atom stereocenters. The van der Waals surface area contributed by atoms with Crippen molar-refractivity contribution >= 4 is 16.7 Å². The van der Waals surface area contributed by atoms with E-state index in [2.05, 4.69) is 29.7 Å². The van der Waals surface area contributed by atoms with E-state index in [0.29, 0.717) is 0 Å². The Hall–Kier alpha value is -2.75. The molecule has 4 nitrogen and oxygen atoms in total. The maximum Gasteiger partial charge on any atom is 0.118 e. The largest absolute Gasteiger partial charge is 0.359 e. The first-order valence-electron chi connectivity index (χ1n) is 9.70. The van der Waals surface area contributed by atoms with Crippen LogP contribution in [0.2, 0.25) is 0 Å². The Bertz CT molecular complexity index is 1100. The fourth-order valence-corrected chi connectivity index (χ4v) is 3.79. The van der Waals surface area contributed by atoms with Crippen molar-refractivity contribution in [2.24, 2.45) is 0 Å². The van der Waals surface area contributed by atoms with Crippen molar-refractivity contribution in [3.63, 3.8) is 0 Å². The molecule has 0 aliphatic carbocycles. The van der Waals surface area contributed by atoms with Crippen molar-refractivity contribution in [1.82, 2.24) is 14.5 Å². The molecule has 0 saturated heterocycles. The second-order valence-electron chi connectivity index (χ2n) is 6.54. The first-order valence-corrected chi connectivity index (χ1v) is 8.20. The smallest absolute Gasteiger partial charge is 0.118 e. The zero-order chi connectivity index (χ0) is 18.9. The molecule has 1 atom stereocenters. The SMILES string of the molecule is [2H]C([2H])([2H])N1C=CN(c2cc3c(cc2C)-n2c(nc4ccccc42)C3)[C@H]1C. The maximum atomic E-state index is 7.70. The molecule has 0 spiro atoms. The number of hydrogen-bond donors (Lipinski definition) is 0. The van der Waals surface area contributed by atoms with Crippen LogP contribution in [0.4, 0.5) is 5.69 Å². The minimum atomic E-state index is -2.14. The average molecular weight is 319 g/mol. The predicted octanol–water partition coefficient (Wildman–Crippen LogP) is 3.81. The Morgan fingerprint density at radius 2 is 2.04 bits per heavy atom. The summed E-state index contributed by atoms with van der Waals surface area (Å²) in [6.45, 7) is 1.85. The van der Waals surface area contributed by atoms with Gasteiger partial charge in [-0.25, -0.2) is 4.98 Å². The number of rotatable bonds is 1. The molecule has 2 aliphatic rings. The second-order valence-corrected chi connectivity index (χ2v) is 6.54. The van der Waals surface area contributed by atoms with Crippen LogP contribution in [0.5, 0.6) is 0 Å². The lowest BCUT2D eigenvalue weighted by Gasteiger charge is -2.28. The molecule has 2 aliphatic heterocycles. The highest BCUT2D eigenvalue weighted by molar-refractivity contribution is 5.81. The number of imidazole rings is 1. The third-order valence-corrected chi connectivity index (χ3v) is 5.09. The van der Waals surface area contributed by atoms with Crippen LogP contribution < -0.4 is 4.90 Å². The van der Waals surface area contributed by atoms with Crippen molar-refractivity contribution in [3.05, 3.63) is 65.7 Å². The van der Waals surface area contributed by atoms with Crippen molar-refractivity contribution < 1.29 is 4.11 Å². The summed E-state index contributed by atoms with van der Waals surface area (Å²) in [5.41, 5.74) is 6.69. The molecule has 5 rings (SSSR count). The number of hydrogen-bond acceptors (Lipinski definition) is 3. The van der Waals surface area contributed by atoms with Gasteiger partial charge < -0.3 is 9.80 Å². The van der Waals surface area contributed by atoms with Crippen molar-refractivity contribution in [2.45, 2.75) is 26.4 Å². The van der Waals surface area contributed by atoms with E-state index in [9.17, 15) is 0 Å². The van der Waals surface area contributed by atoms with Gasteiger partial charge in [0, 0.05) is 35.6 Å². The van der Waals surface area contributed by atoms with E-state index in [1.807, 2.05) is 36.2 Å². The van der Waals surface area contributed by atoms with Gasteiger partial charge in [0.1, 0.15) is 12.0 Å². The van der Waals surface area contributed by atoms with Crippen LogP contribution in [-0.2, 0) is 6.42 Å². The van der Waals surface area contributed by atoms with E-state index in [0.717, 1.165) is 34.5 Å². The number of aryl methyl sites for hydroxylation is 1. The zero-order valence-electron chi connectivity index (χ0n) is 16.7. The Labute approximate surface area is 145 Å². The van der Waals surface area contributed by atoms with Crippen molar-refractivity contribution in [3.8, 4) is 5.69 Å². The summed E-state index contributed by atoms with van der Waals surface area (Å²) in [7, 11) is 0. The number of anilines is 1. The predicted molar refractivity (Wildman–Crippen MR) is 97.5 cm³/mol. The highest BCUT2D eigenvalue weighted by atomic mass is 15.4. The van der Waals surface area contributed by atoms with Crippen LogP contribution in [0, 0.1) is 6.92 Å². The number of aromatic nitrogens is 2. The average Bonchev–Trinajstić information content (AvgIpc) is 3.25. The molecule has 120 valence electrons. The third kappa shape index (κ3) is 1.71. The molecule has 0 saturated carbocycles. The molecule has 4 heteroatoms. The molecule has 3 aromatic rings. The van der Waals surface area contributed by atoms with Gasteiger partial charge in [0.2, 0.25) is 0 Å². The van der Waals surface area contributed by atoms with E-state index < -0.39 is 6.98 Å². The molecule has 0 fully saturated rings. The van der Waals surface area contributed by atoms with E-state index in [1.165, 1.54) is 16.2 Å². The van der Waals surface area contributed by atoms with Gasteiger partial charge in [0.15, 0.2) is 0 Å². The lowest BCUT2D eigenvalue weighted by Crippen LogP contribution is -2.33. The molecule has 0 radical (unpaired) electrons. The van der Waals surface area contributed by atoms with Gasteiger partial charge in [-0.2, -0.15) is 0 Å². The number of benzene rings is 2. The van der Waals surface area contributed by atoms with E-state index in [-0.39, 0.29) is 6.17 Å². The number of para-hydroxylation sites is 2. The van der Waals surface area contributed by atoms with Crippen LogP contribution in [0.3, 0.4) is 0 Å². The lowest BCUT2D eigenvalue weighted by atomic mass is 10.1. The quantitative estimate of drug-likeness (QED) is 0.533. The van der Waals surface area contributed by atoms with Crippen LogP contribution in [0.15, 0.2) is 48.8 Å². The molecule has 0 bridgehead atoms. The second kappa shape index (κ2) is 4.63. The molecule has 1 aromatic heterocycles. The number of nitrogens with zero attached hydrogens (tertiary/aromatic N) is 4. The summed E-state index contributed by atoms with van der Waals surface area (Å²) in [6, 6.07) is 12.6. The Kier molecular flexibility index (Phi) is 2.11. The number of fused-ring (bicyclic) bond motifs is 5. The van der Waals surface area contributed by atoms with Gasteiger partial charge in [0.25, 0.3) is 0 Å². The fourth-order valence-electron chi connectivity index (χ4n) is 3.79. The summed E-state index contributed by atoms with van der Waals surface area (Å²) < 4.78 is 25.3. The highest BCUT2D eigenvalue weighted by Gasteiger charge is 2.27. The van der Waals surface area contributed by atoms with Gasteiger partial charge in [-0.3, -0.25) is 4.57 Å². The van der Waals surface area contributed by atoms with Crippen molar-refractivity contribution in [2.75, 3.05) is 11.9 Å². The van der Waals surface area contributed by atoms with Gasteiger partial charge in [-0.05, 0) is 49.2 Å². The lowest BCUT2D eigenvalue weighted by molar-refractivity contribution is 0.383. The molecular weight excluding hydrogens is 296 g/mol. The van der Waals surface area contributed by atoms with Crippen LogP contribution in [0.25, 0.3) is 16.7 Å². The summed E-state index contributed by atoms with van der Waals surface area (Å²) in [5.74, 6) is 1.05.